The molecule has 1 aromatic heterocycles. The number of fused-ring (bicyclic) bond motifs is 4. The van der Waals surface area contributed by atoms with Crippen LogP contribution in [0.3, 0.4) is 0 Å². The zero-order chi connectivity index (χ0) is 22.2. The van der Waals surface area contributed by atoms with Gasteiger partial charge in [-0.2, -0.15) is 0 Å². The summed E-state index contributed by atoms with van der Waals surface area (Å²) in [6.07, 6.45) is 2.03. The molecule has 0 radical (unpaired) electrons. The molecule has 0 N–H and O–H groups in total. The number of benzene rings is 2. The molecule has 33 heavy (non-hydrogen) atoms. The van der Waals surface area contributed by atoms with E-state index >= 15 is 0 Å². The fourth-order valence-electron chi connectivity index (χ4n) is 5.02. The molecule has 0 bridgehead atoms. The number of hydrogen-bond donors (Lipinski definition) is 0. The van der Waals surface area contributed by atoms with Gasteiger partial charge in [-0.3, -0.25) is 14.8 Å². The molecule has 4 heterocycles. The second kappa shape index (κ2) is 8.65. The van der Waals surface area contributed by atoms with Gasteiger partial charge in [0.1, 0.15) is 23.8 Å². The first-order valence-corrected chi connectivity index (χ1v) is 11.6. The van der Waals surface area contributed by atoms with Crippen molar-refractivity contribution in [1.29, 1.82) is 0 Å². The molecule has 1 saturated heterocycles. The number of hydrogen-bond acceptors (Lipinski definition) is 7. The maximum atomic E-state index is 6.02. The first kappa shape index (κ1) is 20.4. The van der Waals surface area contributed by atoms with Gasteiger partial charge in [-0.15, -0.1) is 0 Å². The Morgan fingerprint density at radius 1 is 1.03 bits per heavy atom. The van der Waals surface area contributed by atoms with Gasteiger partial charge in [-0.1, -0.05) is 23.4 Å². The van der Waals surface area contributed by atoms with Crippen molar-refractivity contribution in [3.05, 3.63) is 65.9 Å². The van der Waals surface area contributed by atoms with E-state index in [1.54, 1.807) is 7.11 Å². The molecule has 7 nitrogen and oxygen atoms in total. The number of pyridine rings is 1. The highest BCUT2D eigenvalue weighted by Gasteiger charge is 2.41. The number of para-hydroxylation sites is 1. The van der Waals surface area contributed by atoms with Gasteiger partial charge in [0.05, 0.1) is 18.5 Å². The van der Waals surface area contributed by atoms with Crippen molar-refractivity contribution in [2.75, 3.05) is 46.4 Å². The van der Waals surface area contributed by atoms with Crippen molar-refractivity contribution >= 4 is 16.6 Å². The van der Waals surface area contributed by atoms with E-state index < -0.39 is 0 Å². The highest BCUT2D eigenvalue weighted by molar-refractivity contribution is 6.06. The molecule has 3 aromatic rings. The summed E-state index contributed by atoms with van der Waals surface area (Å²) in [7, 11) is 1.68. The molecule has 6 rings (SSSR count). The molecule has 0 unspecified atom stereocenters. The zero-order valence-corrected chi connectivity index (χ0v) is 18.8. The fraction of sp³-hybridized carbons (Fsp3) is 0.385. The van der Waals surface area contributed by atoms with Crippen LogP contribution in [-0.4, -0.2) is 73.0 Å². The van der Waals surface area contributed by atoms with Gasteiger partial charge in [-0.25, -0.2) is 0 Å². The van der Waals surface area contributed by atoms with Crippen molar-refractivity contribution in [3.8, 4) is 11.5 Å². The van der Waals surface area contributed by atoms with Gasteiger partial charge in [-0.05, 0) is 35.9 Å². The van der Waals surface area contributed by atoms with Gasteiger partial charge in [0.25, 0.3) is 0 Å². The topological polar surface area (TPSA) is 59.4 Å². The molecule has 2 atom stereocenters. The number of nitrogens with zero attached hydrogens (tertiary/aromatic N) is 4. The molecule has 7 heteroatoms. The summed E-state index contributed by atoms with van der Waals surface area (Å²) >= 11 is 0. The molecule has 3 aliphatic heterocycles. The summed E-state index contributed by atoms with van der Waals surface area (Å²) in [5.74, 6) is 1.82. The third-order valence-electron chi connectivity index (χ3n) is 6.92. The van der Waals surface area contributed by atoms with Gasteiger partial charge in [0.15, 0.2) is 6.10 Å². The lowest BCUT2D eigenvalue weighted by molar-refractivity contribution is 0.00849. The minimum Gasteiger partial charge on any atom is -0.497 e. The van der Waals surface area contributed by atoms with Crippen molar-refractivity contribution in [2.45, 2.75) is 12.6 Å². The van der Waals surface area contributed by atoms with Gasteiger partial charge in [0.2, 0.25) is 0 Å². The number of rotatable bonds is 5. The van der Waals surface area contributed by atoms with E-state index in [2.05, 4.69) is 44.2 Å². The van der Waals surface area contributed by atoms with Crippen molar-refractivity contribution in [1.82, 2.24) is 14.8 Å². The molecule has 0 spiro atoms. The van der Waals surface area contributed by atoms with Gasteiger partial charge in [0, 0.05) is 56.4 Å². The molecule has 170 valence electrons. The molecule has 0 amide bonds. The Bertz CT molecular complexity index is 1190. The standard InChI is InChI=1S/C26H28N4O3/c1-31-20-6-7-24-21(13-20)26-22(17-32-24)25(33-28-26)16-30-10-8-29(9-11-30)15-18-12-19-4-2-3-5-23(19)27-14-18/h2-7,12-14,22,25H,8-11,15-17H2,1H3/t22-,25-/m0/s1. The van der Waals surface area contributed by atoms with Crippen LogP contribution in [0.4, 0.5) is 0 Å². The van der Waals surface area contributed by atoms with E-state index in [-0.39, 0.29) is 12.0 Å². The Hall–Kier alpha value is -3.16. The number of ether oxygens (including phenoxy) is 2. The van der Waals surface area contributed by atoms with Crippen molar-refractivity contribution in [2.24, 2.45) is 11.1 Å². The molecular formula is C26H28N4O3. The van der Waals surface area contributed by atoms with E-state index in [9.17, 15) is 0 Å². The van der Waals surface area contributed by atoms with Crippen LogP contribution in [-0.2, 0) is 11.4 Å². The Morgan fingerprint density at radius 3 is 2.76 bits per heavy atom. The monoisotopic (exact) mass is 444 g/mol. The minimum absolute atomic E-state index is 0.0237. The zero-order valence-electron chi connectivity index (χ0n) is 18.8. The largest absolute Gasteiger partial charge is 0.497 e. The first-order chi connectivity index (χ1) is 16.3. The molecule has 0 aliphatic carbocycles. The third kappa shape index (κ3) is 4.03. The maximum absolute atomic E-state index is 6.02. The smallest absolute Gasteiger partial charge is 0.151 e. The lowest BCUT2D eigenvalue weighted by Crippen LogP contribution is -2.50. The lowest BCUT2D eigenvalue weighted by Gasteiger charge is -2.36. The second-order valence-corrected chi connectivity index (χ2v) is 9.01. The highest BCUT2D eigenvalue weighted by atomic mass is 16.6. The Morgan fingerprint density at radius 2 is 1.88 bits per heavy atom. The lowest BCUT2D eigenvalue weighted by atomic mass is 9.90. The van der Waals surface area contributed by atoms with Crippen LogP contribution in [0, 0.1) is 5.92 Å². The summed E-state index contributed by atoms with van der Waals surface area (Å²) in [5.41, 5.74) is 4.30. The third-order valence-corrected chi connectivity index (χ3v) is 6.92. The summed E-state index contributed by atoms with van der Waals surface area (Å²) in [4.78, 5) is 15.5. The van der Waals surface area contributed by atoms with Gasteiger partial charge < -0.3 is 14.3 Å². The SMILES string of the molecule is COc1ccc2c(c1)C1=NO[C@@H](CN3CCN(Cc4cnc5ccccc5c4)CC3)[C@@H]1CO2. The van der Waals surface area contributed by atoms with Gasteiger partial charge >= 0.3 is 0 Å². The summed E-state index contributed by atoms with van der Waals surface area (Å²) < 4.78 is 11.4. The Labute approximate surface area is 193 Å². The van der Waals surface area contributed by atoms with Crippen LogP contribution in [0.1, 0.15) is 11.1 Å². The van der Waals surface area contributed by atoms with Crippen LogP contribution >= 0.6 is 0 Å². The predicted octanol–water partition coefficient (Wildman–Crippen LogP) is 3.17. The average Bonchev–Trinajstić information content (AvgIpc) is 3.28. The van der Waals surface area contributed by atoms with Crippen molar-refractivity contribution < 1.29 is 14.3 Å². The Kier molecular flexibility index (Phi) is 5.36. The van der Waals surface area contributed by atoms with Crippen LogP contribution < -0.4 is 9.47 Å². The van der Waals surface area contributed by atoms with Crippen LogP contribution in [0.5, 0.6) is 11.5 Å². The molecule has 1 fully saturated rings. The summed E-state index contributed by atoms with van der Waals surface area (Å²) in [5, 5.41) is 5.66. The normalized spacial score (nSPS) is 22.8. The molecule has 3 aliphatic rings. The summed E-state index contributed by atoms with van der Waals surface area (Å²) in [6, 6.07) is 16.4. The quantitative estimate of drug-likeness (QED) is 0.603. The number of aromatic nitrogens is 1. The van der Waals surface area contributed by atoms with Crippen molar-refractivity contribution in [3.63, 3.8) is 0 Å². The first-order valence-electron chi connectivity index (χ1n) is 11.6. The summed E-state index contributed by atoms with van der Waals surface area (Å²) in [6.45, 7) is 6.53. The van der Waals surface area contributed by atoms with E-state index in [1.807, 2.05) is 30.5 Å². The number of piperazine rings is 1. The van der Waals surface area contributed by atoms with Crippen LogP contribution in [0.15, 0.2) is 59.9 Å². The van der Waals surface area contributed by atoms with E-state index in [1.165, 1.54) is 10.9 Å². The second-order valence-electron chi connectivity index (χ2n) is 9.01. The Balaban J connectivity index is 1.05. The highest BCUT2D eigenvalue weighted by Crippen LogP contribution is 2.36. The van der Waals surface area contributed by atoms with E-state index in [0.29, 0.717) is 6.61 Å². The number of methoxy groups -OCH3 is 1. The van der Waals surface area contributed by atoms with Crippen LogP contribution in [0.25, 0.3) is 10.9 Å². The molecule has 2 aromatic carbocycles. The van der Waals surface area contributed by atoms with Crippen LogP contribution in [0.2, 0.25) is 0 Å². The molecular weight excluding hydrogens is 416 g/mol. The van der Waals surface area contributed by atoms with E-state index in [4.69, 9.17) is 14.3 Å². The van der Waals surface area contributed by atoms with E-state index in [0.717, 1.165) is 67.6 Å². The minimum atomic E-state index is 0.0237. The predicted molar refractivity (Wildman–Crippen MR) is 127 cm³/mol. The fourth-order valence-corrected chi connectivity index (χ4v) is 5.02. The maximum Gasteiger partial charge on any atom is 0.151 e. The molecule has 0 saturated carbocycles. The number of oxime groups is 1. The average molecular weight is 445 g/mol.